The second-order valence-electron chi connectivity index (χ2n) is 8.70. The van der Waals surface area contributed by atoms with Gasteiger partial charge in [-0.25, -0.2) is 0 Å². The first-order valence-corrected chi connectivity index (χ1v) is 12.7. The number of benzene rings is 1. The van der Waals surface area contributed by atoms with E-state index in [2.05, 4.69) is 10.1 Å². The van der Waals surface area contributed by atoms with E-state index in [0.29, 0.717) is 10.8 Å². The van der Waals surface area contributed by atoms with Crippen molar-refractivity contribution >= 4 is 25.2 Å². The van der Waals surface area contributed by atoms with Crippen molar-refractivity contribution in [3.63, 3.8) is 0 Å². The van der Waals surface area contributed by atoms with Gasteiger partial charge in [-0.3, -0.25) is 9.36 Å². The predicted octanol–water partition coefficient (Wildman–Crippen LogP) is 5.32. The highest BCUT2D eigenvalue weighted by atomic mass is 35.5. The van der Waals surface area contributed by atoms with E-state index in [1.165, 1.54) is 0 Å². The molecule has 1 unspecified atom stereocenters. The zero-order chi connectivity index (χ0) is 23.6. The van der Waals surface area contributed by atoms with Crippen LogP contribution >= 0.6 is 19.2 Å². The second kappa shape index (κ2) is 9.64. The second-order valence-corrected chi connectivity index (χ2v) is 11.3. The van der Waals surface area contributed by atoms with Crippen LogP contribution in [0.25, 0.3) is 0 Å². The Bertz CT molecular complexity index is 988. The van der Waals surface area contributed by atoms with Gasteiger partial charge in [0, 0.05) is 5.02 Å². The molecular weight excluding hydrogens is 455 g/mol. The molecule has 1 saturated carbocycles. The van der Waals surface area contributed by atoms with Crippen LogP contribution in [0.1, 0.15) is 64.7 Å². The van der Waals surface area contributed by atoms with Crippen molar-refractivity contribution in [3.05, 3.63) is 46.6 Å². The summed E-state index contributed by atoms with van der Waals surface area (Å²) in [5.74, 6) is -0.0465. The van der Waals surface area contributed by atoms with Gasteiger partial charge in [-0.05, 0) is 59.1 Å². The number of hydrogen-bond acceptors (Lipinski definition) is 8. The number of carbonyl (C=O) groups is 1. The van der Waals surface area contributed by atoms with Crippen molar-refractivity contribution in [1.82, 2.24) is 10.1 Å². The molecule has 0 N–H and O–H groups in total. The van der Waals surface area contributed by atoms with Crippen molar-refractivity contribution in [2.45, 2.75) is 70.6 Å². The lowest BCUT2D eigenvalue weighted by Crippen LogP contribution is -2.34. The van der Waals surface area contributed by atoms with Gasteiger partial charge in [0.1, 0.15) is 5.60 Å². The molecule has 8 nitrogen and oxygen atoms in total. The molecule has 1 aromatic carbocycles. The number of ether oxygens (including phenoxy) is 1. The molecule has 0 radical (unpaired) electrons. The normalized spacial score (nSPS) is 16.6. The Morgan fingerprint density at radius 1 is 1.22 bits per heavy atom. The van der Waals surface area contributed by atoms with Gasteiger partial charge >= 0.3 is 13.6 Å². The number of halogens is 1. The lowest BCUT2D eigenvalue weighted by atomic mass is 9.95. The van der Waals surface area contributed by atoms with E-state index in [0.717, 1.165) is 18.4 Å². The minimum atomic E-state index is -3.84. The highest BCUT2D eigenvalue weighted by Crippen LogP contribution is 2.56. The number of esters is 1. The maximum atomic E-state index is 13.5. The number of rotatable bonds is 10. The van der Waals surface area contributed by atoms with Gasteiger partial charge in [0.15, 0.2) is 11.5 Å². The van der Waals surface area contributed by atoms with Gasteiger partial charge in [-0.15, -0.1) is 0 Å². The van der Waals surface area contributed by atoms with Crippen LogP contribution in [-0.4, -0.2) is 40.6 Å². The summed E-state index contributed by atoms with van der Waals surface area (Å²) in [6, 6.07) is 7.57. The van der Waals surface area contributed by atoms with Crippen LogP contribution in [0.3, 0.4) is 0 Å². The lowest BCUT2D eigenvalue weighted by Gasteiger charge is -2.27. The fourth-order valence-electron chi connectivity index (χ4n) is 3.56. The molecule has 176 valence electrons. The van der Waals surface area contributed by atoms with Crippen LogP contribution in [0.2, 0.25) is 5.02 Å². The SMILES string of the molecule is CCOP(=O)(OCC)C(Cc1nc(C2(c3ccccc3Cl)CC2)no1)C(=O)OC(C)(C)C. The molecule has 3 rings (SSSR count). The molecule has 32 heavy (non-hydrogen) atoms. The van der Waals surface area contributed by atoms with Crippen molar-refractivity contribution in [2.75, 3.05) is 13.2 Å². The minimum Gasteiger partial charge on any atom is -0.459 e. The van der Waals surface area contributed by atoms with Crippen molar-refractivity contribution in [1.29, 1.82) is 0 Å². The summed E-state index contributed by atoms with van der Waals surface area (Å²) in [5.41, 5.74) is -1.48. The summed E-state index contributed by atoms with van der Waals surface area (Å²) in [5, 5.41) is 4.80. The highest BCUT2D eigenvalue weighted by molar-refractivity contribution is 7.55. The molecular formula is C22H30ClN2O6P. The molecule has 10 heteroatoms. The Morgan fingerprint density at radius 3 is 2.38 bits per heavy atom. The fraction of sp³-hybridized carbons (Fsp3) is 0.591. The average Bonchev–Trinajstić information content (AvgIpc) is 3.36. The van der Waals surface area contributed by atoms with Gasteiger partial charge in [0.05, 0.1) is 25.0 Å². The molecule has 0 aliphatic heterocycles. The van der Waals surface area contributed by atoms with E-state index >= 15 is 0 Å². The zero-order valence-corrected chi connectivity index (χ0v) is 20.7. The third-order valence-corrected chi connectivity index (χ3v) is 7.80. The number of hydrogen-bond donors (Lipinski definition) is 0. The number of carbonyl (C=O) groups excluding carboxylic acids is 1. The third kappa shape index (κ3) is 5.42. The van der Waals surface area contributed by atoms with Gasteiger partial charge in [0.25, 0.3) is 0 Å². The first-order valence-electron chi connectivity index (χ1n) is 10.7. The van der Waals surface area contributed by atoms with Crippen LogP contribution in [0, 0.1) is 0 Å². The Morgan fingerprint density at radius 2 is 1.84 bits per heavy atom. The van der Waals surface area contributed by atoms with Gasteiger partial charge in [-0.2, -0.15) is 4.98 Å². The highest BCUT2D eigenvalue weighted by Gasteiger charge is 2.51. The summed E-state index contributed by atoms with van der Waals surface area (Å²) in [4.78, 5) is 17.5. The minimum absolute atomic E-state index is 0.112. The summed E-state index contributed by atoms with van der Waals surface area (Å²) in [6.45, 7) is 8.80. The van der Waals surface area contributed by atoms with Gasteiger partial charge < -0.3 is 18.3 Å². The summed E-state index contributed by atoms with van der Waals surface area (Å²) in [6.07, 6.45) is 1.54. The van der Waals surface area contributed by atoms with E-state index < -0.39 is 30.2 Å². The smallest absolute Gasteiger partial charge is 0.345 e. The largest absolute Gasteiger partial charge is 0.459 e. The Kier molecular flexibility index (Phi) is 7.50. The molecule has 0 amide bonds. The molecule has 0 saturated heterocycles. The number of aromatic nitrogens is 2. The molecule has 1 aliphatic carbocycles. The molecule has 0 spiro atoms. The standard InChI is InChI=1S/C22H30ClN2O6P/c1-6-28-32(27,29-7-2)17(19(26)30-21(3,4)5)14-18-24-20(25-31-18)22(12-13-22)15-10-8-9-11-16(15)23/h8-11,17H,6-7,12-14H2,1-5H3. The maximum absolute atomic E-state index is 13.5. The number of nitrogens with zero attached hydrogens (tertiary/aromatic N) is 2. The Balaban J connectivity index is 1.91. The molecule has 1 aliphatic rings. The maximum Gasteiger partial charge on any atom is 0.345 e. The monoisotopic (exact) mass is 484 g/mol. The molecule has 1 atom stereocenters. The van der Waals surface area contributed by atoms with Gasteiger partial charge in [-0.1, -0.05) is 35.0 Å². The zero-order valence-electron chi connectivity index (χ0n) is 19.1. The van der Waals surface area contributed by atoms with Crippen molar-refractivity contribution < 1.29 is 27.7 Å². The fourth-order valence-corrected chi connectivity index (χ4v) is 5.72. The quantitative estimate of drug-likeness (QED) is 0.330. The predicted molar refractivity (Wildman–Crippen MR) is 120 cm³/mol. The first kappa shape index (κ1) is 24.9. The molecule has 1 heterocycles. The molecule has 1 fully saturated rings. The third-order valence-electron chi connectivity index (χ3n) is 5.08. The Labute approximate surface area is 193 Å². The lowest BCUT2D eigenvalue weighted by molar-refractivity contribution is -0.154. The van der Waals surface area contributed by atoms with E-state index in [1.54, 1.807) is 34.6 Å². The van der Waals surface area contributed by atoms with E-state index in [-0.39, 0.29) is 25.5 Å². The summed E-state index contributed by atoms with van der Waals surface area (Å²) >= 11 is 6.40. The van der Waals surface area contributed by atoms with E-state index in [1.807, 2.05) is 24.3 Å². The van der Waals surface area contributed by atoms with Crippen LogP contribution in [-0.2, 0) is 35.0 Å². The van der Waals surface area contributed by atoms with Crippen LogP contribution in [0.5, 0.6) is 0 Å². The van der Waals surface area contributed by atoms with Gasteiger partial charge in [0.2, 0.25) is 5.89 Å². The average molecular weight is 485 g/mol. The molecule has 1 aromatic heterocycles. The Hall–Kier alpha value is -1.73. The summed E-state index contributed by atoms with van der Waals surface area (Å²) in [7, 11) is -3.84. The van der Waals surface area contributed by atoms with Crippen molar-refractivity contribution in [2.24, 2.45) is 0 Å². The molecule has 0 bridgehead atoms. The van der Waals surface area contributed by atoms with Crippen LogP contribution in [0.15, 0.2) is 28.8 Å². The van der Waals surface area contributed by atoms with E-state index in [4.69, 9.17) is 29.9 Å². The summed E-state index contributed by atoms with van der Waals surface area (Å²) < 4.78 is 35.3. The van der Waals surface area contributed by atoms with E-state index in [9.17, 15) is 9.36 Å². The van der Waals surface area contributed by atoms with Crippen LogP contribution < -0.4 is 0 Å². The van der Waals surface area contributed by atoms with Crippen LogP contribution in [0.4, 0.5) is 0 Å². The van der Waals surface area contributed by atoms with Crippen molar-refractivity contribution in [3.8, 4) is 0 Å². The molecule has 2 aromatic rings. The topological polar surface area (TPSA) is 101 Å². The first-order chi connectivity index (χ1) is 15.0.